The van der Waals surface area contributed by atoms with Crippen LogP contribution in [-0.2, 0) is 20.6 Å². The summed E-state index contributed by atoms with van der Waals surface area (Å²) in [6.45, 7) is 4.31. The van der Waals surface area contributed by atoms with Crippen molar-refractivity contribution in [2.45, 2.75) is 32.8 Å². The molecule has 152 valence electrons. The van der Waals surface area contributed by atoms with E-state index in [2.05, 4.69) is 6.92 Å². The van der Waals surface area contributed by atoms with Gasteiger partial charge in [-0.05, 0) is 42.7 Å². The van der Waals surface area contributed by atoms with Crippen LogP contribution in [0.4, 0.5) is 0 Å². The lowest BCUT2D eigenvalue weighted by atomic mass is 10.0. The largest absolute Gasteiger partial charge is 0.465 e. The third-order valence-corrected chi connectivity index (χ3v) is 4.76. The number of aryl methyl sites for hydroxylation is 1. The lowest BCUT2D eigenvalue weighted by Crippen LogP contribution is -2.10. The van der Waals surface area contributed by atoms with Crippen LogP contribution in [0.15, 0.2) is 42.5 Å². The number of nitrogens with zero attached hydrogens (tertiary/aromatic N) is 2. The second-order valence-corrected chi connectivity index (χ2v) is 6.67. The normalized spacial score (nSPS) is 12.1. The van der Waals surface area contributed by atoms with Crippen LogP contribution < -0.4 is 0 Å². The van der Waals surface area contributed by atoms with E-state index in [9.17, 15) is 4.79 Å². The van der Waals surface area contributed by atoms with E-state index in [0.717, 1.165) is 35.0 Å². The van der Waals surface area contributed by atoms with E-state index in [-0.39, 0.29) is 12.9 Å². The minimum Gasteiger partial charge on any atom is -0.465 e. The zero-order valence-corrected chi connectivity index (χ0v) is 17.3. The molecule has 0 radical (unpaired) electrons. The molecular weight excluding hydrogens is 368 g/mol. The summed E-state index contributed by atoms with van der Waals surface area (Å²) < 4.78 is 15.9. The Bertz CT molecular complexity index is 1000. The molecule has 1 aromatic carbocycles. The maximum absolute atomic E-state index is 12.5. The summed E-state index contributed by atoms with van der Waals surface area (Å²) in [5.74, 6) is -0.439. The van der Waals surface area contributed by atoms with E-state index >= 15 is 0 Å². The molecule has 0 amide bonds. The third-order valence-electron chi connectivity index (χ3n) is 4.76. The van der Waals surface area contributed by atoms with E-state index in [4.69, 9.17) is 24.2 Å². The topological polar surface area (TPSA) is 70.5 Å². The zero-order chi connectivity index (χ0) is 20.8. The summed E-state index contributed by atoms with van der Waals surface area (Å²) >= 11 is 0. The van der Waals surface area contributed by atoms with Gasteiger partial charge in [-0.25, -0.2) is 9.78 Å². The molecule has 0 aliphatic heterocycles. The van der Waals surface area contributed by atoms with Gasteiger partial charge in [-0.2, -0.15) is 0 Å². The number of esters is 1. The minimum atomic E-state index is -0.439. The number of methoxy groups -OCH3 is 2. The van der Waals surface area contributed by atoms with E-state index in [1.165, 1.54) is 7.11 Å². The highest BCUT2D eigenvalue weighted by Crippen LogP contribution is 2.30. The first-order valence-corrected chi connectivity index (χ1v) is 9.71. The van der Waals surface area contributed by atoms with Gasteiger partial charge in [0, 0.05) is 18.2 Å². The first-order chi connectivity index (χ1) is 14.1. The summed E-state index contributed by atoms with van der Waals surface area (Å²) in [4.78, 5) is 22.0. The van der Waals surface area contributed by atoms with Crippen molar-refractivity contribution in [2.24, 2.45) is 0 Å². The Kier molecular flexibility index (Phi) is 6.90. The number of rotatable bonds is 8. The van der Waals surface area contributed by atoms with Crippen molar-refractivity contribution in [1.82, 2.24) is 9.97 Å². The van der Waals surface area contributed by atoms with Gasteiger partial charge in [-0.1, -0.05) is 32.0 Å². The summed E-state index contributed by atoms with van der Waals surface area (Å²) in [7, 11) is 2.97. The number of benzene rings is 1. The second kappa shape index (κ2) is 9.58. The Hall–Kier alpha value is -2.83. The molecule has 29 heavy (non-hydrogen) atoms. The molecule has 1 unspecified atom stereocenters. The highest BCUT2D eigenvalue weighted by atomic mass is 16.7. The van der Waals surface area contributed by atoms with Crippen LogP contribution >= 0.6 is 0 Å². The average Bonchev–Trinajstić information content (AvgIpc) is 2.77. The van der Waals surface area contributed by atoms with Gasteiger partial charge in [0.05, 0.1) is 30.0 Å². The standard InChI is InChI=1S/C23H26N2O4/c1-5-17-11-16(21(6-2)29-14-27-3)13-20(24-17)22-18(23(26)28-4)12-15-9-7-8-10-19(15)25-22/h7-13,21H,5-6,14H2,1-4H3. The van der Waals surface area contributed by atoms with Crippen LogP contribution in [0.2, 0.25) is 0 Å². The summed E-state index contributed by atoms with van der Waals surface area (Å²) in [5.41, 5.74) is 4.21. The number of hydrogen-bond acceptors (Lipinski definition) is 6. The van der Waals surface area contributed by atoms with Crippen molar-refractivity contribution in [1.29, 1.82) is 0 Å². The van der Waals surface area contributed by atoms with Gasteiger partial charge in [0.25, 0.3) is 0 Å². The van der Waals surface area contributed by atoms with Crippen LogP contribution in [0.25, 0.3) is 22.3 Å². The summed E-state index contributed by atoms with van der Waals surface area (Å²) in [6.07, 6.45) is 1.40. The Morgan fingerprint density at radius 3 is 2.55 bits per heavy atom. The van der Waals surface area contributed by atoms with Crippen LogP contribution in [0.3, 0.4) is 0 Å². The minimum absolute atomic E-state index is 0.135. The SMILES string of the molecule is CCc1cc(C(CC)OCOC)cc(-c2nc3ccccc3cc2C(=O)OC)n1. The number of pyridine rings is 2. The number of para-hydroxylation sites is 1. The first kappa shape index (κ1) is 20.9. The molecule has 6 nitrogen and oxygen atoms in total. The van der Waals surface area contributed by atoms with Crippen molar-refractivity contribution in [3.8, 4) is 11.4 Å². The lowest BCUT2D eigenvalue weighted by Gasteiger charge is -2.18. The smallest absolute Gasteiger partial charge is 0.340 e. The molecule has 3 rings (SSSR count). The Morgan fingerprint density at radius 2 is 1.86 bits per heavy atom. The maximum atomic E-state index is 12.5. The molecule has 1 atom stereocenters. The van der Waals surface area contributed by atoms with Gasteiger partial charge >= 0.3 is 5.97 Å². The molecule has 6 heteroatoms. The van der Waals surface area contributed by atoms with Crippen LogP contribution in [0.1, 0.15) is 48.0 Å². The Labute approximate surface area is 170 Å². The summed E-state index contributed by atoms with van der Waals surface area (Å²) in [5, 5.41) is 0.874. The van der Waals surface area contributed by atoms with Crippen molar-refractivity contribution in [2.75, 3.05) is 21.0 Å². The maximum Gasteiger partial charge on any atom is 0.340 e. The van der Waals surface area contributed by atoms with Gasteiger partial charge in [0.1, 0.15) is 12.5 Å². The van der Waals surface area contributed by atoms with Gasteiger partial charge in [0.15, 0.2) is 0 Å². The van der Waals surface area contributed by atoms with Gasteiger partial charge in [-0.15, -0.1) is 0 Å². The third kappa shape index (κ3) is 4.60. The molecule has 0 saturated heterocycles. The average molecular weight is 394 g/mol. The highest BCUT2D eigenvalue weighted by molar-refractivity contribution is 6.00. The molecule has 0 aliphatic carbocycles. The van der Waals surface area contributed by atoms with Crippen LogP contribution in [-0.4, -0.2) is 36.9 Å². The molecule has 0 bridgehead atoms. The van der Waals surface area contributed by atoms with Crippen LogP contribution in [0.5, 0.6) is 0 Å². The quantitative estimate of drug-likeness (QED) is 0.407. The monoisotopic (exact) mass is 394 g/mol. The predicted molar refractivity (Wildman–Crippen MR) is 112 cm³/mol. The van der Waals surface area contributed by atoms with Gasteiger partial charge < -0.3 is 14.2 Å². The van der Waals surface area contributed by atoms with Crippen molar-refractivity contribution in [3.05, 3.63) is 59.3 Å². The van der Waals surface area contributed by atoms with Crippen LogP contribution in [0, 0.1) is 0 Å². The molecule has 0 fully saturated rings. The van der Waals surface area contributed by atoms with Crippen molar-refractivity contribution in [3.63, 3.8) is 0 Å². The molecular formula is C23H26N2O4. The molecule has 2 heterocycles. The number of carbonyl (C=O) groups excluding carboxylic acids is 1. The summed E-state index contributed by atoms with van der Waals surface area (Å²) in [6, 6.07) is 13.5. The van der Waals surface area contributed by atoms with Crippen molar-refractivity contribution >= 4 is 16.9 Å². The van der Waals surface area contributed by atoms with Gasteiger partial charge in [-0.3, -0.25) is 4.98 Å². The number of aromatic nitrogens is 2. The fourth-order valence-corrected chi connectivity index (χ4v) is 3.28. The molecule has 0 spiro atoms. The zero-order valence-electron chi connectivity index (χ0n) is 17.3. The van der Waals surface area contributed by atoms with Gasteiger partial charge in [0.2, 0.25) is 0 Å². The molecule has 3 aromatic rings. The fourth-order valence-electron chi connectivity index (χ4n) is 3.28. The number of ether oxygens (including phenoxy) is 3. The predicted octanol–water partition coefficient (Wildman–Crippen LogP) is 4.72. The van der Waals surface area contributed by atoms with E-state index < -0.39 is 5.97 Å². The fraction of sp³-hybridized carbons (Fsp3) is 0.348. The molecule has 0 aliphatic rings. The second-order valence-electron chi connectivity index (χ2n) is 6.67. The first-order valence-electron chi connectivity index (χ1n) is 9.71. The van der Waals surface area contributed by atoms with E-state index in [1.807, 2.05) is 49.4 Å². The number of fused-ring (bicyclic) bond motifs is 1. The Balaban J connectivity index is 2.19. The lowest BCUT2D eigenvalue weighted by molar-refractivity contribution is -0.0743. The van der Waals surface area contributed by atoms with E-state index in [0.29, 0.717) is 17.0 Å². The van der Waals surface area contributed by atoms with Crippen molar-refractivity contribution < 1.29 is 19.0 Å². The number of carbonyl (C=O) groups is 1. The number of hydrogen-bond donors (Lipinski definition) is 0. The molecule has 2 aromatic heterocycles. The molecule has 0 N–H and O–H groups in total. The van der Waals surface area contributed by atoms with E-state index in [1.54, 1.807) is 7.11 Å². The Morgan fingerprint density at radius 1 is 1.07 bits per heavy atom. The highest BCUT2D eigenvalue weighted by Gasteiger charge is 2.20. The molecule has 0 saturated carbocycles.